The minimum absolute atomic E-state index is 0.241. The molecule has 2 amide bonds. The van der Waals surface area contributed by atoms with Crippen molar-refractivity contribution in [2.24, 2.45) is 0 Å². The number of thiazole rings is 1. The SMILES string of the molecule is O=C1c2ccccc2C(=O)N1CCC#Cc1ncc(Br)s1. The Morgan fingerprint density at radius 3 is 2.43 bits per heavy atom. The fraction of sp³-hybridized carbons (Fsp3) is 0.133. The first-order valence-electron chi connectivity index (χ1n) is 6.22. The van der Waals surface area contributed by atoms with E-state index < -0.39 is 0 Å². The summed E-state index contributed by atoms with van der Waals surface area (Å²) in [4.78, 5) is 29.6. The van der Waals surface area contributed by atoms with Gasteiger partial charge in [-0.3, -0.25) is 14.5 Å². The van der Waals surface area contributed by atoms with Crippen molar-refractivity contribution in [3.8, 4) is 11.8 Å². The molecule has 0 saturated carbocycles. The van der Waals surface area contributed by atoms with E-state index in [-0.39, 0.29) is 11.8 Å². The Morgan fingerprint density at radius 1 is 1.19 bits per heavy atom. The van der Waals surface area contributed by atoms with Gasteiger partial charge in [0, 0.05) is 13.0 Å². The van der Waals surface area contributed by atoms with Gasteiger partial charge in [0.15, 0.2) is 5.01 Å². The van der Waals surface area contributed by atoms with Crippen LogP contribution in [0.3, 0.4) is 0 Å². The number of hydrogen-bond donors (Lipinski definition) is 0. The Kier molecular flexibility index (Phi) is 3.86. The van der Waals surface area contributed by atoms with Gasteiger partial charge in [-0.05, 0) is 34.0 Å². The lowest BCUT2D eigenvalue weighted by Gasteiger charge is -2.10. The molecule has 0 saturated heterocycles. The average molecular weight is 361 g/mol. The Morgan fingerprint density at radius 2 is 1.86 bits per heavy atom. The number of aromatic nitrogens is 1. The standard InChI is InChI=1S/C15H9BrN2O2S/c16-12-9-17-13(21-12)7-3-4-8-18-14(19)10-5-1-2-6-11(10)15(18)20/h1-2,5-6,9H,4,8H2. The second-order valence-corrected chi connectivity index (χ2v) is 6.74. The summed E-state index contributed by atoms with van der Waals surface area (Å²) in [7, 11) is 0. The van der Waals surface area contributed by atoms with Crippen LogP contribution >= 0.6 is 27.3 Å². The summed E-state index contributed by atoms with van der Waals surface area (Å²) in [6, 6.07) is 6.87. The van der Waals surface area contributed by atoms with Gasteiger partial charge in [-0.25, -0.2) is 4.98 Å². The summed E-state index contributed by atoms with van der Waals surface area (Å²) >= 11 is 4.76. The van der Waals surface area contributed by atoms with E-state index >= 15 is 0 Å². The number of rotatable bonds is 2. The molecule has 4 nitrogen and oxygen atoms in total. The van der Waals surface area contributed by atoms with E-state index in [4.69, 9.17) is 0 Å². The molecule has 0 atom stereocenters. The highest BCUT2D eigenvalue weighted by Crippen LogP contribution is 2.22. The fourth-order valence-corrected chi connectivity index (χ4v) is 3.14. The van der Waals surface area contributed by atoms with Crippen molar-refractivity contribution in [3.05, 3.63) is 50.4 Å². The average Bonchev–Trinajstić information content (AvgIpc) is 3.00. The second-order valence-electron chi connectivity index (χ2n) is 4.33. The van der Waals surface area contributed by atoms with Crippen LogP contribution < -0.4 is 0 Å². The molecule has 1 aromatic carbocycles. The minimum Gasteiger partial charge on any atom is -0.273 e. The molecule has 21 heavy (non-hydrogen) atoms. The van der Waals surface area contributed by atoms with Crippen LogP contribution in [0.25, 0.3) is 0 Å². The van der Waals surface area contributed by atoms with Gasteiger partial charge in [0.25, 0.3) is 11.8 Å². The van der Waals surface area contributed by atoms with E-state index in [0.717, 1.165) is 3.79 Å². The number of amides is 2. The summed E-state index contributed by atoms with van der Waals surface area (Å²) in [6.07, 6.45) is 2.13. The fourth-order valence-electron chi connectivity index (χ4n) is 2.06. The zero-order valence-corrected chi connectivity index (χ0v) is 13.2. The lowest BCUT2D eigenvalue weighted by atomic mass is 10.1. The van der Waals surface area contributed by atoms with Gasteiger partial charge in [0.2, 0.25) is 0 Å². The van der Waals surface area contributed by atoms with E-state index in [1.807, 2.05) is 0 Å². The van der Waals surface area contributed by atoms with E-state index in [0.29, 0.717) is 29.1 Å². The van der Waals surface area contributed by atoms with Gasteiger partial charge in [0.1, 0.15) is 0 Å². The molecule has 0 bridgehead atoms. The van der Waals surface area contributed by atoms with Crippen molar-refractivity contribution in [1.82, 2.24) is 9.88 Å². The maximum absolute atomic E-state index is 12.1. The van der Waals surface area contributed by atoms with Gasteiger partial charge in [-0.2, -0.15) is 0 Å². The molecule has 0 radical (unpaired) electrons. The maximum Gasteiger partial charge on any atom is 0.261 e. The third kappa shape index (κ3) is 2.75. The Hall–Kier alpha value is -1.97. The zero-order chi connectivity index (χ0) is 14.8. The van der Waals surface area contributed by atoms with Crippen molar-refractivity contribution in [3.63, 3.8) is 0 Å². The lowest BCUT2D eigenvalue weighted by molar-refractivity contribution is 0.0658. The van der Waals surface area contributed by atoms with E-state index in [1.165, 1.54) is 16.2 Å². The molecule has 2 aromatic rings. The summed E-state index contributed by atoms with van der Waals surface area (Å²) in [5.74, 6) is 5.38. The normalized spacial score (nSPS) is 13.1. The number of nitrogens with zero attached hydrogens (tertiary/aromatic N) is 2. The molecular weight excluding hydrogens is 352 g/mol. The number of hydrogen-bond acceptors (Lipinski definition) is 4. The Balaban J connectivity index is 1.66. The number of imide groups is 1. The van der Waals surface area contributed by atoms with Crippen LogP contribution in [0.15, 0.2) is 34.2 Å². The highest BCUT2D eigenvalue weighted by atomic mass is 79.9. The van der Waals surface area contributed by atoms with Gasteiger partial charge < -0.3 is 0 Å². The quantitative estimate of drug-likeness (QED) is 0.611. The molecule has 3 rings (SSSR count). The molecular formula is C15H9BrN2O2S. The Labute approximate surface area is 133 Å². The van der Waals surface area contributed by atoms with Gasteiger partial charge in [-0.15, -0.1) is 0 Å². The van der Waals surface area contributed by atoms with Crippen LogP contribution in [0.1, 0.15) is 32.1 Å². The first kappa shape index (κ1) is 14.0. The first-order chi connectivity index (χ1) is 10.2. The van der Waals surface area contributed by atoms with E-state index in [1.54, 1.807) is 30.5 Å². The summed E-state index contributed by atoms with van der Waals surface area (Å²) in [5.41, 5.74) is 0.943. The second kappa shape index (κ2) is 5.80. The molecule has 0 aliphatic carbocycles. The molecule has 1 aromatic heterocycles. The van der Waals surface area contributed by atoms with Crippen LogP contribution in [-0.4, -0.2) is 28.2 Å². The van der Waals surface area contributed by atoms with E-state index in [2.05, 4.69) is 32.8 Å². The van der Waals surface area contributed by atoms with Crippen molar-refractivity contribution in [1.29, 1.82) is 0 Å². The van der Waals surface area contributed by atoms with Crippen molar-refractivity contribution in [2.75, 3.05) is 6.54 Å². The molecule has 0 fully saturated rings. The summed E-state index contributed by atoms with van der Waals surface area (Å²) in [6.45, 7) is 0.298. The van der Waals surface area contributed by atoms with Crippen LogP contribution in [0.5, 0.6) is 0 Å². The third-order valence-corrected chi connectivity index (χ3v) is 4.40. The molecule has 1 aliphatic heterocycles. The van der Waals surface area contributed by atoms with Crippen molar-refractivity contribution in [2.45, 2.75) is 6.42 Å². The number of halogens is 1. The maximum atomic E-state index is 12.1. The number of fused-ring (bicyclic) bond motifs is 1. The Bertz CT molecular complexity index is 753. The van der Waals surface area contributed by atoms with Crippen molar-refractivity contribution < 1.29 is 9.59 Å². The number of benzene rings is 1. The molecule has 6 heteroatoms. The first-order valence-corrected chi connectivity index (χ1v) is 7.83. The number of carbonyl (C=O) groups is 2. The topological polar surface area (TPSA) is 50.3 Å². The predicted octanol–water partition coefficient (Wildman–Crippen LogP) is 2.94. The summed E-state index contributed by atoms with van der Waals surface area (Å²) < 4.78 is 0.923. The minimum atomic E-state index is -0.241. The molecule has 2 heterocycles. The van der Waals surface area contributed by atoms with Gasteiger partial charge in [0.05, 0.1) is 21.1 Å². The highest BCUT2D eigenvalue weighted by Gasteiger charge is 2.34. The molecule has 104 valence electrons. The van der Waals surface area contributed by atoms with Crippen molar-refractivity contribution >= 4 is 39.1 Å². The van der Waals surface area contributed by atoms with Gasteiger partial charge in [-0.1, -0.05) is 29.4 Å². The monoisotopic (exact) mass is 360 g/mol. The molecule has 0 spiro atoms. The molecule has 0 unspecified atom stereocenters. The zero-order valence-electron chi connectivity index (χ0n) is 10.8. The molecule has 1 aliphatic rings. The molecule has 0 N–H and O–H groups in total. The smallest absolute Gasteiger partial charge is 0.261 e. The van der Waals surface area contributed by atoms with Crippen LogP contribution in [0.2, 0.25) is 0 Å². The lowest BCUT2D eigenvalue weighted by Crippen LogP contribution is -2.30. The largest absolute Gasteiger partial charge is 0.273 e. The summed E-state index contributed by atoms with van der Waals surface area (Å²) in [5, 5.41) is 0.712. The predicted molar refractivity (Wildman–Crippen MR) is 83.1 cm³/mol. The number of carbonyl (C=O) groups excluding carboxylic acids is 2. The highest BCUT2D eigenvalue weighted by molar-refractivity contribution is 9.11. The van der Waals surface area contributed by atoms with Crippen LogP contribution in [-0.2, 0) is 0 Å². The van der Waals surface area contributed by atoms with Crippen LogP contribution in [0, 0.1) is 11.8 Å². The van der Waals surface area contributed by atoms with Crippen LogP contribution in [0.4, 0.5) is 0 Å². The third-order valence-electron chi connectivity index (χ3n) is 3.01. The van der Waals surface area contributed by atoms with E-state index in [9.17, 15) is 9.59 Å². The van der Waals surface area contributed by atoms with Gasteiger partial charge >= 0.3 is 0 Å².